The molecule has 1 saturated heterocycles. The van der Waals surface area contributed by atoms with Gasteiger partial charge in [-0.15, -0.1) is 0 Å². The first-order chi connectivity index (χ1) is 14.5. The van der Waals surface area contributed by atoms with Gasteiger partial charge in [0, 0.05) is 0 Å². The number of carbonyl (C=O) groups excluding carboxylic acids is 3. The summed E-state index contributed by atoms with van der Waals surface area (Å²) < 4.78 is 20.6. The van der Waals surface area contributed by atoms with Gasteiger partial charge in [-0.3, -0.25) is 4.79 Å². The van der Waals surface area contributed by atoms with E-state index in [9.17, 15) is 24.6 Å². The lowest BCUT2D eigenvalue weighted by atomic mass is 9.98. The van der Waals surface area contributed by atoms with Crippen LogP contribution in [0.1, 0.15) is 20.7 Å². The summed E-state index contributed by atoms with van der Waals surface area (Å²) in [5.41, 5.74) is 0.483. The second kappa shape index (κ2) is 9.97. The zero-order chi connectivity index (χ0) is 21.5. The highest BCUT2D eigenvalue weighted by Crippen LogP contribution is 2.26. The Bertz CT molecular complexity index is 855. The van der Waals surface area contributed by atoms with Crippen LogP contribution in [0.25, 0.3) is 0 Å². The van der Waals surface area contributed by atoms with Crippen LogP contribution < -0.4 is 0 Å². The molecule has 0 unspecified atom stereocenters. The van der Waals surface area contributed by atoms with Gasteiger partial charge in [0.1, 0.15) is 18.8 Å². The molecule has 0 spiro atoms. The van der Waals surface area contributed by atoms with Crippen molar-refractivity contribution in [1.82, 2.24) is 0 Å². The monoisotopic (exact) mass is 416 g/mol. The SMILES string of the molecule is O=CO[C@H]1[C@H](OC(=O)c2ccccc2)[C@@H](O)[C@H](O)O[C@@H]1COC(=O)c1ccccc1. The van der Waals surface area contributed by atoms with Crippen molar-refractivity contribution < 1.29 is 43.5 Å². The number of carbonyl (C=O) groups is 3. The number of hydrogen-bond donors (Lipinski definition) is 2. The van der Waals surface area contributed by atoms with Gasteiger partial charge in [0.2, 0.25) is 0 Å². The van der Waals surface area contributed by atoms with Crippen LogP contribution in [0.4, 0.5) is 0 Å². The maximum absolute atomic E-state index is 12.4. The highest BCUT2D eigenvalue weighted by atomic mass is 16.7. The van der Waals surface area contributed by atoms with Crippen molar-refractivity contribution in [3.63, 3.8) is 0 Å². The number of hydrogen-bond acceptors (Lipinski definition) is 9. The standard InChI is InChI=1S/C21H20O9/c22-12-28-17-15(11-27-19(24)13-7-3-1-4-8-13)29-21(26)16(23)18(17)30-20(25)14-9-5-2-6-10-14/h1-10,12,15-18,21,23,26H,11H2/t15-,16-,17-,18-,21-/m1/s1. The van der Waals surface area contributed by atoms with E-state index in [0.29, 0.717) is 0 Å². The first kappa shape index (κ1) is 21.4. The van der Waals surface area contributed by atoms with E-state index in [1.807, 2.05) is 0 Å². The van der Waals surface area contributed by atoms with Gasteiger partial charge in [-0.25, -0.2) is 9.59 Å². The highest BCUT2D eigenvalue weighted by Gasteiger charge is 2.49. The molecule has 1 fully saturated rings. The molecule has 30 heavy (non-hydrogen) atoms. The number of aliphatic hydroxyl groups excluding tert-OH is 2. The van der Waals surface area contributed by atoms with Crippen LogP contribution in [-0.4, -0.2) is 65.9 Å². The van der Waals surface area contributed by atoms with Crippen molar-refractivity contribution in [3.05, 3.63) is 71.8 Å². The average molecular weight is 416 g/mol. The lowest BCUT2D eigenvalue weighted by molar-refractivity contribution is -0.286. The van der Waals surface area contributed by atoms with Crippen LogP contribution in [0.3, 0.4) is 0 Å². The third kappa shape index (κ3) is 5.01. The Hall–Kier alpha value is -3.27. The van der Waals surface area contributed by atoms with Crippen molar-refractivity contribution in [1.29, 1.82) is 0 Å². The van der Waals surface area contributed by atoms with Crippen LogP contribution in [0.2, 0.25) is 0 Å². The van der Waals surface area contributed by atoms with E-state index in [1.165, 1.54) is 12.1 Å². The summed E-state index contributed by atoms with van der Waals surface area (Å²) in [6.45, 7) is -0.330. The van der Waals surface area contributed by atoms with Crippen molar-refractivity contribution in [2.24, 2.45) is 0 Å². The predicted octanol–water partition coefficient (Wildman–Crippen LogP) is 0.689. The summed E-state index contributed by atoms with van der Waals surface area (Å²) in [6.07, 6.45) is -7.41. The van der Waals surface area contributed by atoms with Crippen LogP contribution in [-0.2, 0) is 23.7 Å². The van der Waals surface area contributed by atoms with Crippen molar-refractivity contribution in [3.8, 4) is 0 Å². The molecule has 2 aromatic carbocycles. The minimum Gasteiger partial charge on any atom is -0.459 e. The number of aliphatic hydroxyl groups is 2. The minimum atomic E-state index is -1.76. The molecule has 3 rings (SSSR count). The van der Waals surface area contributed by atoms with Gasteiger partial charge in [-0.2, -0.15) is 0 Å². The fourth-order valence-electron chi connectivity index (χ4n) is 2.99. The summed E-state index contributed by atoms with van der Waals surface area (Å²) in [5.74, 6) is -1.46. The summed E-state index contributed by atoms with van der Waals surface area (Å²) in [6, 6.07) is 16.1. The maximum atomic E-state index is 12.4. The summed E-state index contributed by atoms with van der Waals surface area (Å²) in [5, 5.41) is 20.3. The van der Waals surface area contributed by atoms with Gasteiger partial charge < -0.3 is 29.2 Å². The molecule has 9 nitrogen and oxygen atoms in total. The highest BCUT2D eigenvalue weighted by molar-refractivity contribution is 5.89. The van der Waals surface area contributed by atoms with Gasteiger partial charge in [0.15, 0.2) is 18.5 Å². The lowest BCUT2D eigenvalue weighted by Crippen LogP contribution is -2.61. The van der Waals surface area contributed by atoms with Gasteiger partial charge in [0.05, 0.1) is 11.1 Å². The van der Waals surface area contributed by atoms with Crippen molar-refractivity contribution >= 4 is 18.4 Å². The molecule has 0 aliphatic carbocycles. The van der Waals surface area contributed by atoms with Crippen LogP contribution >= 0.6 is 0 Å². The van der Waals surface area contributed by atoms with E-state index >= 15 is 0 Å². The van der Waals surface area contributed by atoms with Gasteiger partial charge in [-0.05, 0) is 24.3 Å². The Kier molecular flexibility index (Phi) is 7.12. The molecule has 5 atom stereocenters. The molecule has 1 aliphatic rings. The van der Waals surface area contributed by atoms with E-state index in [1.54, 1.807) is 48.5 Å². The van der Waals surface area contributed by atoms with E-state index < -0.39 is 49.3 Å². The second-order valence-corrected chi connectivity index (χ2v) is 6.45. The molecule has 9 heteroatoms. The Balaban J connectivity index is 1.73. The molecule has 0 amide bonds. The molecule has 0 radical (unpaired) electrons. The number of benzene rings is 2. The third-order valence-corrected chi connectivity index (χ3v) is 4.49. The van der Waals surface area contributed by atoms with Crippen LogP contribution in [0.5, 0.6) is 0 Å². The predicted molar refractivity (Wildman–Crippen MR) is 100 cm³/mol. The topological polar surface area (TPSA) is 129 Å². The van der Waals surface area contributed by atoms with Crippen LogP contribution in [0, 0.1) is 0 Å². The normalized spacial score (nSPS) is 25.7. The fourth-order valence-corrected chi connectivity index (χ4v) is 2.99. The van der Waals surface area contributed by atoms with Crippen LogP contribution in [0.15, 0.2) is 60.7 Å². The first-order valence-corrected chi connectivity index (χ1v) is 9.10. The second-order valence-electron chi connectivity index (χ2n) is 6.45. The average Bonchev–Trinajstić information content (AvgIpc) is 2.78. The summed E-state index contributed by atoms with van der Waals surface area (Å²) in [4.78, 5) is 35.5. The molecule has 0 aromatic heterocycles. The molecule has 0 bridgehead atoms. The molecular weight excluding hydrogens is 396 g/mol. The fraction of sp³-hybridized carbons (Fsp3) is 0.286. The molecule has 158 valence electrons. The van der Waals surface area contributed by atoms with E-state index in [2.05, 4.69) is 0 Å². The zero-order valence-electron chi connectivity index (χ0n) is 15.7. The zero-order valence-corrected chi connectivity index (χ0v) is 15.7. The molecule has 2 N–H and O–H groups in total. The van der Waals surface area contributed by atoms with Crippen molar-refractivity contribution in [2.75, 3.05) is 6.61 Å². The van der Waals surface area contributed by atoms with E-state index in [0.717, 1.165) is 0 Å². The molecule has 0 saturated carbocycles. The number of esters is 2. The Morgan fingerprint density at radius 1 is 0.900 bits per heavy atom. The minimum absolute atomic E-state index is 0.0911. The Morgan fingerprint density at radius 2 is 1.47 bits per heavy atom. The first-order valence-electron chi connectivity index (χ1n) is 9.10. The van der Waals surface area contributed by atoms with E-state index in [-0.39, 0.29) is 17.6 Å². The number of rotatable bonds is 7. The van der Waals surface area contributed by atoms with Gasteiger partial charge in [0.25, 0.3) is 6.47 Å². The third-order valence-electron chi connectivity index (χ3n) is 4.49. The lowest BCUT2D eigenvalue weighted by Gasteiger charge is -2.40. The van der Waals surface area contributed by atoms with Crippen molar-refractivity contribution in [2.45, 2.75) is 30.7 Å². The van der Waals surface area contributed by atoms with E-state index in [4.69, 9.17) is 18.9 Å². The number of ether oxygens (including phenoxy) is 4. The molecule has 1 heterocycles. The maximum Gasteiger partial charge on any atom is 0.338 e. The Morgan fingerprint density at radius 3 is 2.03 bits per heavy atom. The smallest absolute Gasteiger partial charge is 0.338 e. The molecule has 2 aromatic rings. The largest absolute Gasteiger partial charge is 0.459 e. The van der Waals surface area contributed by atoms with Gasteiger partial charge >= 0.3 is 11.9 Å². The summed E-state index contributed by atoms with van der Waals surface area (Å²) in [7, 11) is 0. The van der Waals surface area contributed by atoms with Gasteiger partial charge in [-0.1, -0.05) is 36.4 Å². The molecular formula is C21H20O9. The molecule has 1 aliphatic heterocycles. The quantitative estimate of drug-likeness (QED) is 0.380. The Labute approximate surface area is 171 Å². The summed E-state index contributed by atoms with van der Waals surface area (Å²) >= 11 is 0.